The van der Waals surface area contributed by atoms with Crippen molar-refractivity contribution in [2.45, 2.75) is 26.4 Å². The molecule has 0 spiro atoms. The van der Waals surface area contributed by atoms with Crippen molar-refractivity contribution < 1.29 is 4.39 Å². The molecule has 1 aromatic heterocycles. The lowest BCUT2D eigenvalue weighted by atomic mass is 10.00. The number of nitrogens with two attached hydrogens (primary N) is 1. The summed E-state index contributed by atoms with van der Waals surface area (Å²) in [5.74, 6) is 0.0107. The second-order valence-electron chi connectivity index (χ2n) is 5.14. The number of nitrogens with zero attached hydrogens (tertiary/aromatic N) is 1. The minimum absolute atomic E-state index is 0.0399. The first-order valence-corrected chi connectivity index (χ1v) is 6.70. The molecule has 0 fully saturated rings. The summed E-state index contributed by atoms with van der Waals surface area (Å²) in [5, 5.41) is 0.156. The summed E-state index contributed by atoms with van der Waals surface area (Å²) in [4.78, 5) is 0. The monoisotopic (exact) mass is 280 g/mol. The lowest BCUT2D eigenvalue weighted by Gasteiger charge is -2.13. The highest BCUT2D eigenvalue weighted by atomic mass is 35.5. The Morgan fingerprint density at radius 2 is 2.05 bits per heavy atom. The smallest absolute Gasteiger partial charge is 0.141 e. The summed E-state index contributed by atoms with van der Waals surface area (Å²) in [6, 6.07) is 6.85. The van der Waals surface area contributed by atoms with E-state index in [1.807, 2.05) is 23.0 Å². The number of halogens is 2. The lowest BCUT2D eigenvalue weighted by Crippen LogP contribution is -2.15. The van der Waals surface area contributed by atoms with E-state index in [0.717, 1.165) is 11.1 Å². The van der Waals surface area contributed by atoms with Crippen LogP contribution < -0.4 is 5.73 Å². The van der Waals surface area contributed by atoms with Crippen LogP contribution in [0.3, 0.4) is 0 Å². The number of aromatic nitrogens is 1. The van der Waals surface area contributed by atoms with Gasteiger partial charge in [0.1, 0.15) is 5.82 Å². The molecule has 1 heterocycles. The Balaban J connectivity index is 2.13. The van der Waals surface area contributed by atoms with Crippen LogP contribution in [0.2, 0.25) is 5.02 Å². The van der Waals surface area contributed by atoms with Gasteiger partial charge in [-0.2, -0.15) is 0 Å². The van der Waals surface area contributed by atoms with Gasteiger partial charge in [0.2, 0.25) is 0 Å². The quantitative estimate of drug-likeness (QED) is 0.902. The second-order valence-corrected chi connectivity index (χ2v) is 5.54. The van der Waals surface area contributed by atoms with Crippen LogP contribution in [0, 0.1) is 11.7 Å². The lowest BCUT2D eigenvalue weighted by molar-refractivity contribution is 0.513. The Morgan fingerprint density at radius 1 is 1.32 bits per heavy atom. The van der Waals surface area contributed by atoms with E-state index in [0.29, 0.717) is 12.5 Å². The summed E-state index contributed by atoms with van der Waals surface area (Å²) in [5.41, 5.74) is 8.18. The third kappa shape index (κ3) is 3.37. The molecule has 0 saturated carbocycles. The van der Waals surface area contributed by atoms with Crippen LogP contribution in [0.15, 0.2) is 36.7 Å². The minimum Gasteiger partial charge on any atom is -0.350 e. The molecular formula is C15H18ClFN2. The number of benzene rings is 1. The molecule has 1 aromatic carbocycles. The minimum atomic E-state index is -0.388. The van der Waals surface area contributed by atoms with Crippen molar-refractivity contribution in [3.8, 4) is 0 Å². The van der Waals surface area contributed by atoms with Gasteiger partial charge in [-0.1, -0.05) is 31.5 Å². The molecule has 0 aliphatic heterocycles. The normalized spacial score (nSPS) is 12.9. The zero-order chi connectivity index (χ0) is 14.0. The van der Waals surface area contributed by atoms with Gasteiger partial charge in [0.05, 0.1) is 5.02 Å². The maximum atomic E-state index is 13.1. The Bertz CT molecular complexity index is 563. The second kappa shape index (κ2) is 5.76. The van der Waals surface area contributed by atoms with Crippen LogP contribution in [-0.2, 0) is 6.54 Å². The molecule has 1 unspecified atom stereocenters. The predicted molar refractivity (Wildman–Crippen MR) is 76.7 cm³/mol. The highest BCUT2D eigenvalue weighted by Crippen LogP contribution is 2.20. The molecule has 19 heavy (non-hydrogen) atoms. The van der Waals surface area contributed by atoms with Crippen molar-refractivity contribution in [2.75, 3.05) is 0 Å². The first-order chi connectivity index (χ1) is 8.97. The summed E-state index contributed by atoms with van der Waals surface area (Å²) >= 11 is 5.77. The van der Waals surface area contributed by atoms with Crippen LogP contribution in [0.25, 0.3) is 0 Å². The average Bonchev–Trinajstić information content (AvgIpc) is 2.81. The van der Waals surface area contributed by atoms with E-state index in [1.54, 1.807) is 12.1 Å². The molecular weight excluding hydrogens is 263 g/mol. The van der Waals surface area contributed by atoms with E-state index < -0.39 is 0 Å². The Labute approximate surface area is 118 Å². The van der Waals surface area contributed by atoms with E-state index >= 15 is 0 Å². The van der Waals surface area contributed by atoms with E-state index in [9.17, 15) is 4.39 Å². The molecule has 1 atom stereocenters. The Hall–Kier alpha value is -1.32. The standard InChI is InChI=1S/C15H18ClFN2/c1-10(2)15(18)12-5-6-19(9-12)8-11-3-4-14(17)13(16)7-11/h3-7,9-10,15H,8,18H2,1-2H3. The molecule has 2 rings (SSSR count). The van der Waals surface area contributed by atoms with Crippen LogP contribution in [-0.4, -0.2) is 4.57 Å². The molecule has 0 radical (unpaired) electrons. The van der Waals surface area contributed by atoms with Crippen LogP contribution in [0.5, 0.6) is 0 Å². The summed E-state index contributed by atoms with van der Waals surface area (Å²) < 4.78 is 15.1. The van der Waals surface area contributed by atoms with Gasteiger partial charge in [0.25, 0.3) is 0 Å². The largest absolute Gasteiger partial charge is 0.350 e. The van der Waals surface area contributed by atoms with Gasteiger partial charge in [-0.3, -0.25) is 0 Å². The van der Waals surface area contributed by atoms with Crippen molar-refractivity contribution in [1.82, 2.24) is 4.57 Å². The average molecular weight is 281 g/mol. The van der Waals surface area contributed by atoms with Gasteiger partial charge < -0.3 is 10.3 Å². The third-order valence-electron chi connectivity index (χ3n) is 3.23. The van der Waals surface area contributed by atoms with Crippen LogP contribution in [0.4, 0.5) is 4.39 Å². The fraction of sp³-hybridized carbons (Fsp3) is 0.333. The number of hydrogen-bond acceptors (Lipinski definition) is 1. The van der Waals surface area contributed by atoms with Crippen molar-refractivity contribution >= 4 is 11.6 Å². The van der Waals surface area contributed by atoms with Crippen molar-refractivity contribution in [3.05, 3.63) is 58.6 Å². The summed E-state index contributed by atoms with van der Waals surface area (Å²) in [6.07, 6.45) is 4.01. The molecule has 102 valence electrons. The van der Waals surface area contributed by atoms with Gasteiger partial charge in [-0.15, -0.1) is 0 Å². The summed E-state index contributed by atoms with van der Waals surface area (Å²) in [7, 11) is 0. The Kier molecular flexibility index (Phi) is 4.27. The van der Waals surface area contributed by atoms with E-state index in [-0.39, 0.29) is 16.9 Å². The van der Waals surface area contributed by atoms with Crippen LogP contribution >= 0.6 is 11.6 Å². The maximum absolute atomic E-state index is 13.1. The fourth-order valence-electron chi connectivity index (χ4n) is 1.99. The van der Waals surface area contributed by atoms with Gasteiger partial charge in [0, 0.05) is 25.0 Å². The first kappa shape index (κ1) is 14.1. The third-order valence-corrected chi connectivity index (χ3v) is 3.52. The highest BCUT2D eigenvalue weighted by molar-refractivity contribution is 6.30. The van der Waals surface area contributed by atoms with Crippen molar-refractivity contribution in [1.29, 1.82) is 0 Å². The van der Waals surface area contributed by atoms with Gasteiger partial charge in [-0.25, -0.2) is 4.39 Å². The molecule has 0 aliphatic carbocycles. The number of hydrogen-bond donors (Lipinski definition) is 1. The molecule has 2 nitrogen and oxygen atoms in total. The molecule has 0 saturated heterocycles. The molecule has 2 aromatic rings. The molecule has 4 heteroatoms. The SMILES string of the molecule is CC(C)C(N)c1ccn(Cc2ccc(F)c(Cl)c2)c1. The molecule has 2 N–H and O–H groups in total. The van der Waals surface area contributed by atoms with E-state index in [2.05, 4.69) is 13.8 Å². The molecule has 0 amide bonds. The zero-order valence-corrected chi connectivity index (χ0v) is 11.9. The van der Waals surface area contributed by atoms with Crippen LogP contribution in [0.1, 0.15) is 31.0 Å². The van der Waals surface area contributed by atoms with Gasteiger partial charge in [-0.05, 0) is 35.2 Å². The molecule has 0 aliphatic rings. The topological polar surface area (TPSA) is 30.9 Å². The maximum Gasteiger partial charge on any atom is 0.141 e. The Morgan fingerprint density at radius 3 is 2.68 bits per heavy atom. The fourth-order valence-corrected chi connectivity index (χ4v) is 2.19. The van der Waals surface area contributed by atoms with Crippen molar-refractivity contribution in [2.24, 2.45) is 11.7 Å². The highest BCUT2D eigenvalue weighted by Gasteiger charge is 2.11. The molecule has 0 bridgehead atoms. The first-order valence-electron chi connectivity index (χ1n) is 6.32. The van der Waals surface area contributed by atoms with E-state index in [1.165, 1.54) is 6.07 Å². The number of rotatable bonds is 4. The van der Waals surface area contributed by atoms with Gasteiger partial charge in [0.15, 0.2) is 0 Å². The van der Waals surface area contributed by atoms with Crippen molar-refractivity contribution in [3.63, 3.8) is 0 Å². The summed E-state index contributed by atoms with van der Waals surface area (Å²) in [6.45, 7) is 4.86. The van der Waals surface area contributed by atoms with E-state index in [4.69, 9.17) is 17.3 Å². The predicted octanol–water partition coefficient (Wildman–Crippen LogP) is 3.98. The van der Waals surface area contributed by atoms with Gasteiger partial charge >= 0.3 is 0 Å². The zero-order valence-electron chi connectivity index (χ0n) is 11.1.